The van der Waals surface area contributed by atoms with E-state index in [1.54, 1.807) is 42.5 Å². The molecule has 1 aliphatic rings. The highest BCUT2D eigenvalue weighted by molar-refractivity contribution is 5.96. The van der Waals surface area contributed by atoms with E-state index < -0.39 is 0 Å². The summed E-state index contributed by atoms with van der Waals surface area (Å²) >= 11 is 0. The van der Waals surface area contributed by atoms with Crippen molar-refractivity contribution in [2.24, 2.45) is 0 Å². The Kier molecular flexibility index (Phi) is 4.59. The topological polar surface area (TPSA) is 101 Å². The van der Waals surface area contributed by atoms with E-state index in [1.165, 1.54) is 6.33 Å². The number of nitrogens with one attached hydrogen (secondary N) is 1. The molecule has 3 heterocycles. The molecule has 1 N–H and O–H groups in total. The summed E-state index contributed by atoms with van der Waals surface area (Å²) < 4.78 is 5.43. The molecule has 0 atom stereocenters. The van der Waals surface area contributed by atoms with Crippen LogP contribution in [0.4, 0.5) is 23.1 Å². The second-order valence-corrected chi connectivity index (χ2v) is 6.41. The number of fused-ring (bicyclic) bond motifs is 1. The first-order valence-electron chi connectivity index (χ1n) is 8.81. The average molecular weight is 368 g/mol. The van der Waals surface area contributed by atoms with E-state index in [0.717, 1.165) is 32.6 Å². The number of hydrogen-bond acceptors (Lipinski definition) is 8. The van der Waals surface area contributed by atoms with Crippen molar-refractivity contribution < 1.29 is 9.34 Å². The second kappa shape index (κ2) is 7.20. The molecule has 3 aromatic rings. The van der Waals surface area contributed by atoms with Gasteiger partial charge in [-0.15, -0.1) is 0 Å². The van der Waals surface area contributed by atoms with Crippen LogP contribution in [0.2, 0.25) is 0 Å². The van der Waals surface area contributed by atoms with Gasteiger partial charge in [-0.2, -0.15) is 0 Å². The zero-order valence-corrected chi connectivity index (χ0v) is 15.0. The standard InChI is InChI=1S/C18H20N6O3/c1-22(17-4-2-9-27-17)18-13-10-16(24(25)26)15(11-14(13)20-12-21-18)23-7-3-5-19-6-8-23/h2,4,9-12,19H,3,5-8H2,1H3. The van der Waals surface area contributed by atoms with Gasteiger partial charge in [0.15, 0.2) is 0 Å². The SMILES string of the molecule is CN(c1ccco1)c1ncnc2cc(N3CCCNCC3)c([N+](=O)[O-])cc12. The fourth-order valence-electron chi connectivity index (χ4n) is 3.39. The summed E-state index contributed by atoms with van der Waals surface area (Å²) in [6.45, 7) is 3.20. The third-order valence-corrected chi connectivity index (χ3v) is 4.74. The lowest BCUT2D eigenvalue weighted by Gasteiger charge is -2.23. The van der Waals surface area contributed by atoms with Crippen molar-refractivity contribution in [2.75, 3.05) is 43.0 Å². The first-order chi connectivity index (χ1) is 13.1. The number of rotatable bonds is 4. The molecule has 0 saturated carbocycles. The molecule has 140 valence electrons. The highest BCUT2D eigenvalue weighted by Gasteiger charge is 2.24. The number of hydrogen-bond donors (Lipinski definition) is 1. The minimum atomic E-state index is -0.337. The largest absolute Gasteiger partial charge is 0.448 e. The number of aromatic nitrogens is 2. The summed E-state index contributed by atoms with van der Waals surface area (Å²) in [5.41, 5.74) is 1.33. The number of benzene rings is 1. The van der Waals surface area contributed by atoms with Gasteiger partial charge < -0.3 is 14.6 Å². The van der Waals surface area contributed by atoms with E-state index in [4.69, 9.17) is 4.42 Å². The van der Waals surface area contributed by atoms with Crippen LogP contribution < -0.4 is 15.1 Å². The van der Waals surface area contributed by atoms with Crippen LogP contribution in [0.1, 0.15) is 6.42 Å². The van der Waals surface area contributed by atoms with Crippen LogP contribution >= 0.6 is 0 Å². The maximum Gasteiger partial charge on any atom is 0.293 e. The summed E-state index contributed by atoms with van der Waals surface area (Å²) in [4.78, 5) is 23.9. The minimum Gasteiger partial charge on any atom is -0.448 e. The third kappa shape index (κ3) is 3.28. The van der Waals surface area contributed by atoms with Gasteiger partial charge in [0.05, 0.1) is 22.1 Å². The molecule has 1 aliphatic heterocycles. The third-order valence-electron chi connectivity index (χ3n) is 4.74. The van der Waals surface area contributed by atoms with Gasteiger partial charge in [0.1, 0.15) is 17.8 Å². The van der Waals surface area contributed by atoms with Gasteiger partial charge in [-0.3, -0.25) is 15.0 Å². The van der Waals surface area contributed by atoms with Crippen LogP contribution in [0.5, 0.6) is 0 Å². The quantitative estimate of drug-likeness (QED) is 0.554. The number of nitro groups is 1. The monoisotopic (exact) mass is 368 g/mol. The summed E-state index contributed by atoms with van der Waals surface area (Å²) in [6.07, 6.45) is 3.98. The molecule has 1 fully saturated rings. The van der Waals surface area contributed by atoms with Crippen LogP contribution in [0.15, 0.2) is 41.3 Å². The average Bonchev–Trinajstić information content (AvgIpc) is 3.08. The molecule has 9 nitrogen and oxygen atoms in total. The lowest BCUT2D eigenvalue weighted by atomic mass is 10.1. The van der Waals surface area contributed by atoms with Crippen molar-refractivity contribution in [3.05, 3.63) is 47.0 Å². The molecule has 4 rings (SSSR count). The molecule has 0 aliphatic carbocycles. The Bertz CT molecular complexity index is 951. The Morgan fingerprint density at radius 3 is 2.96 bits per heavy atom. The first-order valence-corrected chi connectivity index (χ1v) is 8.81. The number of nitro benzene ring substituents is 1. The normalized spacial score (nSPS) is 14.9. The molecule has 1 aromatic carbocycles. The first kappa shape index (κ1) is 17.2. The predicted molar refractivity (Wildman–Crippen MR) is 103 cm³/mol. The van der Waals surface area contributed by atoms with Gasteiger partial charge in [-0.05, 0) is 25.1 Å². The van der Waals surface area contributed by atoms with Gasteiger partial charge in [0.2, 0.25) is 5.88 Å². The Morgan fingerprint density at radius 1 is 1.30 bits per heavy atom. The molecule has 9 heteroatoms. The minimum absolute atomic E-state index is 0.0632. The summed E-state index contributed by atoms with van der Waals surface area (Å²) in [6, 6.07) is 6.95. The molecule has 0 unspecified atom stereocenters. The van der Waals surface area contributed by atoms with Gasteiger partial charge in [-0.25, -0.2) is 9.97 Å². The fourth-order valence-corrected chi connectivity index (χ4v) is 3.39. The highest BCUT2D eigenvalue weighted by atomic mass is 16.6. The Balaban J connectivity index is 1.85. The molecule has 0 radical (unpaired) electrons. The number of nitrogens with zero attached hydrogens (tertiary/aromatic N) is 5. The fraction of sp³-hybridized carbons (Fsp3) is 0.333. The summed E-state index contributed by atoms with van der Waals surface area (Å²) in [7, 11) is 1.81. The lowest BCUT2D eigenvalue weighted by molar-refractivity contribution is -0.384. The zero-order valence-electron chi connectivity index (χ0n) is 15.0. The van der Waals surface area contributed by atoms with Gasteiger partial charge in [-0.1, -0.05) is 0 Å². The van der Waals surface area contributed by atoms with Crippen LogP contribution in [-0.2, 0) is 0 Å². The summed E-state index contributed by atoms with van der Waals surface area (Å²) in [5.74, 6) is 1.16. The zero-order chi connectivity index (χ0) is 18.8. The predicted octanol–water partition coefficient (Wildman–Crippen LogP) is 2.70. The Labute approximate surface area is 155 Å². The van der Waals surface area contributed by atoms with E-state index in [2.05, 4.69) is 20.2 Å². The van der Waals surface area contributed by atoms with E-state index >= 15 is 0 Å². The van der Waals surface area contributed by atoms with Gasteiger partial charge in [0.25, 0.3) is 5.69 Å². The van der Waals surface area contributed by atoms with Crippen molar-refractivity contribution in [1.29, 1.82) is 0 Å². The molecular weight excluding hydrogens is 348 g/mol. The van der Waals surface area contributed by atoms with Gasteiger partial charge >= 0.3 is 0 Å². The second-order valence-electron chi connectivity index (χ2n) is 6.41. The molecule has 0 bridgehead atoms. The maximum absolute atomic E-state index is 11.8. The van der Waals surface area contributed by atoms with Crippen molar-refractivity contribution >= 4 is 34.0 Å². The molecular formula is C18H20N6O3. The van der Waals surface area contributed by atoms with Crippen molar-refractivity contribution in [1.82, 2.24) is 15.3 Å². The highest BCUT2D eigenvalue weighted by Crippen LogP contribution is 2.36. The maximum atomic E-state index is 11.8. The van der Waals surface area contributed by atoms with Crippen molar-refractivity contribution in [3.63, 3.8) is 0 Å². The van der Waals surface area contributed by atoms with E-state index in [-0.39, 0.29) is 10.6 Å². The molecule has 2 aromatic heterocycles. The number of anilines is 3. The van der Waals surface area contributed by atoms with Crippen LogP contribution in [0.25, 0.3) is 10.9 Å². The van der Waals surface area contributed by atoms with Crippen molar-refractivity contribution in [3.8, 4) is 0 Å². The van der Waals surface area contributed by atoms with E-state index in [0.29, 0.717) is 28.3 Å². The van der Waals surface area contributed by atoms with E-state index in [9.17, 15) is 10.1 Å². The van der Waals surface area contributed by atoms with Crippen LogP contribution in [0, 0.1) is 10.1 Å². The van der Waals surface area contributed by atoms with Gasteiger partial charge in [0, 0.05) is 38.8 Å². The lowest BCUT2D eigenvalue weighted by Crippen LogP contribution is -2.28. The Morgan fingerprint density at radius 2 is 2.19 bits per heavy atom. The molecule has 0 amide bonds. The molecule has 1 saturated heterocycles. The summed E-state index contributed by atoms with van der Waals surface area (Å²) in [5, 5.41) is 15.7. The smallest absolute Gasteiger partial charge is 0.293 e. The molecule has 27 heavy (non-hydrogen) atoms. The van der Waals surface area contributed by atoms with Crippen molar-refractivity contribution in [2.45, 2.75) is 6.42 Å². The van der Waals surface area contributed by atoms with Crippen LogP contribution in [0.3, 0.4) is 0 Å². The number of furan rings is 1. The van der Waals surface area contributed by atoms with Crippen LogP contribution in [-0.4, -0.2) is 48.1 Å². The molecule has 0 spiro atoms. The van der Waals surface area contributed by atoms with E-state index in [1.807, 2.05) is 0 Å². The Hall–Kier alpha value is -3.20.